The fourth-order valence-corrected chi connectivity index (χ4v) is 3.59. The number of rotatable bonds is 8. The molecule has 0 saturated carbocycles. The van der Waals surface area contributed by atoms with Gasteiger partial charge in [0.05, 0.1) is 24.5 Å². The van der Waals surface area contributed by atoms with Gasteiger partial charge in [-0.15, -0.1) is 0 Å². The molecule has 0 saturated heterocycles. The van der Waals surface area contributed by atoms with Crippen LogP contribution in [-0.4, -0.2) is 39.3 Å². The summed E-state index contributed by atoms with van der Waals surface area (Å²) in [4.78, 5) is 46.9. The van der Waals surface area contributed by atoms with Crippen LogP contribution in [0.15, 0.2) is 78.0 Å². The van der Waals surface area contributed by atoms with Gasteiger partial charge in [0.15, 0.2) is 11.6 Å². The highest BCUT2D eigenvalue weighted by molar-refractivity contribution is 6.08. The van der Waals surface area contributed by atoms with Crippen molar-refractivity contribution in [1.82, 2.24) is 19.9 Å². The third kappa shape index (κ3) is 5.81. The van der Waals surface area contributed by atoms with E-state index >= 15 is 0 Å². The molecule has 188 valence electrons. The summed E-state index contributed by atoms with van der Waals surface area (Å²) >= 11 is 0. The second kappa shape index (κ2) is 11.0. The van der Waals surface area contributed by atoms with Crippen LogP contribution in [0, 0.1) is 11.6 Å². The summed E-state index contributed by atoms with van der Waals surface area (Å²) in [5.41, 5.74) is 1.38. The first-order valence-electron chi connectivity index (χ1n) is 11.3. The van der Waals surface area contributed by atoms with E-state index in [0.717, 1.165) is 0 Å². The molecule has 10 heteroatoms. The lowest BCUT2D eigenvalue weighted by atomic mass is 10.0. The smallest absolute Gasteiger partial charge is 0.294 e. The summed E-state index contributed by atoms with van der Waals surface area (Å²) < 4.78 is 28.2. The lowest BCUT2D eigenvalue weighted by molar-refractivity contribution is -0.117. The van der Waals surface area contributed by atoms with Crippen LogP contribution >= 0.6 is 0 Å². The molecule has 37 heavy (non-hydrogen) atoms. The maximum Gasteiger partial charge on any atom is 0.294 e. The molecule has 0 spiro atoms. The van der Waals surface area contributed by atoms with Crippen LogP contribution in [0.2, 0.25) is 0 Å². The van der Waals surface area contributed by atoms with Gasteiger partial charge in [-0.25, -0.2) is 13.8 Å². The quantitative estimate of drug-likeness (QED) is 0.357. The number of hydrogen-bond donors (Lipinski definition) is 2. The normalized spacial score (nSPS) is 11.7. The average molecular weight is 504 g/mol. The van der Waals surface area contributed by atoms with Crippen molar-refractivity contribution in [3.8, 4) is 11.3 Å². The van der Waals surface area contributed by atoms with Crippen LogP contribution in [0.3, 0.4) is 0 Å². The molecule has 0 radical (unpaired) electrons. The molecular weight excluding hydrogens is 480 g/mol. The SMILES string of the molecule is CN[C@@H](C)C(=O)Nc1ncc(-c2ccc(F)cc2)n(Cc2cncc(C(=O)c3ccc(F)cc3)c2)c1=O. The molecule has 0 fully saturated rings. The lowest BCUT2D eigenvalue weighted by Crippen LogP contribution is -2.38. The molecule has 0 aliphatic heterocycles. The number of likely N-dealkylation sites (N-methyl/N-ethyl adjacent to an activating group) is 1. The van der Waals surface area contributed by atoms with Crippen LogP contribution in [0.1, 0.15) is 28.4 Å². The van der Waals surface area contributed by atoms with E-state index in [2.05, 4.69) is 20.6 Å². The van der Waals surface area contributed by atoms with E-state index in [-0.39, 0.29) is 29.3 Å². The van der Waals surface area contributed by atoms with E-state index in [0.29, 0.717) is 16.8 Å². The third-order valence-corrected chi connectivity index (χ3v) is 5.77. The average Bonchev–Trinajstić information content (AvgIpc) is 2.91. The van der Waals surface area contributed by atoms with Crippen molar-refractivity contribution in [2.24, 2.45) is 0 Å². The van der Waals surface area contributed by atoms with E-state index in [1.165, 1.54) is 71.7 Å². The Kier molecular flexibility index (Phi) is 7.59. The van der Waals surface area contributed by atoms with Crippen molar-refractivity contribution < 1.29 is 18.4 Å². The Morgan fingerprint density at radius 1 is 0.946 bits per heavy atom. The molecule has 0 aliphatic carbocycles. The topological polar surface area (TPSA) is 106 Å². The number of nitrogens with one attached hydrogen (secondary N) is 2. The number of aromatic nitrogens is 3. The third-order valence-electron chi connectivity index (χ3n) is 5.77. The van der Waals surface area contributed by atoms with Gasteiger partial charge >= 0.3 is 0 Å². The van der Waals surface area contributed by atoms with Crippen molar-refractivity contribution in [2.75, 3.05) is 12.4 Å². The second-order valence-electron chi connectivity index (χ2n) is 8.31. The Hall–Kier alpha value is -4.57. The van der Waals surface area contributed by atoms with Gasteiger partial charge in [0, 0.05) is 29.1 Å². The van der Waals surface area contributed by atoms with Crippen LogP contribution in [0.25, 0.3) is 11.3 Å². The number of anilines is 1. The molecule has 2 aromatic carbocycles. The minimum atomic E-state index is -0.589. The number of halogens is 2. The van der Waals surface area contributed by atoms with E-state index in [1.54, 1.807) is 20.0 Å². The van der Waals surface area contributed by atoms with Gasteiger partial charge in [0.1, 0.15) is 11.6 Å². The van der Waals surface area contributed by atoms with Crippen LogP contribution in [-0.2, 0) is 11.3 Å². The first-order valence-corrected chi connectivity index (χ1v) is 11.3. The zero-order valence-corrected chi connectivity index (χ0v) is 20.0. The summed E-state index contributed by atoms with van der Waals surface area (Å²) in [6, 6.07) is 11.7. The molecule has 2 aromatic heterocycles. The molecule has 0 unspecified atom stereocenters. The highest BCUT2D eigenvalue weighted by atomic mass is 19.1. The molecule has 8 nitrogen and oxygen atoms in total. The van der Waals surface area contributed by atoms with E-state index in [4.69, 9.17) is 0 Å². The number of benzene rings is 2. The first-order chi connectivity index (χ1) is 17.8. The molecule has 1 amide bonds. The number of hydrogen-bond acceptors (Lipinski definition) is 6. The molecule has 1 atom stereocenters. The van der Waals surface area contributed by atoms with Gasteiger partial charge < -0.3 is 10.6 Å². The number of pyridine rings is 1. The molecular formula is C27H23F2N5O3. The van der Waals surface area contributed by atoms with Crippen molar-refractivity contribution in [3.63, 3.8) is 0 Å². The van der Waals surface area contributed by atoms with Gasteiger partial charge in [0.2, 0.25) is 5.91 Å². The molecule has 0 aliphatic rings. The summed E-state index contributed by atoms with van der Waals surface area (Å²) in [5, 5.41) is 5.31. The lowest BCUT2D eigenvalue weighted by Gasteiger charge is -2.16. The predicted octanol–water partition coefficient (Wildman–Crippen LogP) is 3.41. The molecule has 4 aromatic rings. The highest BCUT2D eigenvalue weighted by Gasteiger charge is 2.18. The zero-order chi connectivity index (χ0) is 26.5. The van der Waals surface area contributed by atoms with Crippen LogP contribution in [0.4, 0.5) is 14.6 Å². The van der Waals surface area contributed by atoms with Gasteiger partial charge in [-0.2, -0.15) is 0 Å². The highest BCUT2D eigenvalue weighted by Crippen LogP contribution is 2.20. The summed E-state index contributed by atoms with van der Waals surface area (Å²) in [6.45, 7) is 1.62. The minimum Gasteiger partial charge on any atom is -0.309 e. The summed E-state index contributed by atoms with van der Waals surface area (Å²) in [7, 11) is 1.61. The van der Waals surface area contributed by atoms with E-state index in [1.807, 2.05) is 0 Å². The van der Waals surface area contributed by atoms with Crippen molar-refractivity contribution in [1.29, 1.82) is 0 Å². The Morgan fingerprint density at radius 2 is 1.59 bits per heavy atom. The van der Waals surface area contributed by atoms with Gasteiger partial charge in [0.25, 0.3) is 5.56 Å². The second-order valence-corrected chi connectivity index (χ2v) is 8.31. The Morgan fingerprint density at radius 3 is 2.24 bits per heavy atom. The number of nitrogens with zero attached hydrogens (tertiary/aromatic N) is 3. The number of amides is 1. The maximum absolute atomic E-state index is 13.5. The molecule has 4 rings (SSSR count). The number of ketones is 1. The zero-order valence-electron chi connectivity index (χ0n) is 20.0. The summed E-state index contributed by atoms with van der Waals surface area (Å²) in [6.07, 6.45) is 4.30. The molecule has 0 bridgehead atoms. The summed E-state index contributed by atoms with van der Waals surface area (Å²) in [5.74, 6) is -1.87. The minimum absolute atomic E-state index is 0.0178. The maximum atomic E-state index is 13.5. The van der Waals surface area contributed by atoms with Crippen LogP contribution < -0.4 is 16.2 Å². The monoisotopic (exact) mass is 503 g/mol. The largest absolute Gasteiger partial charge is 0.309 e. The van der Waals surface area contributed by atoms with Crippen molar-refractivity contribution >= 4 is 17.5 Å². The molecule has 2 N–H and O–H groups in total. The van der Waals surface area contributed by atoms with E-state index in [9.17, 15) is 23.2 Å². The molecule has 2 heterocycles. The Labute approximate surface area is 211 Å². The Bertz CT molecular complexity index is 1500. The Balaban J connectivity index is 1.74. The van der Waals surface area contributed by atoms with Gasteiger partial charge in [-0.3, -0.25) is 23.9 Å². The number of carbonyl (C=O) groups excluding carboxylic acids is 2. The first kappa shape index (κ1) is 25.5. The fourth-order valence-electron chi connectivity index (χ4n) is 3.59. The fraction of sp³-hybridized carbons (Fsp3) is 0.148. The van der Waals surface area contributed by atoms with Gasteiger partial charge in [-0.05, 0) is 74.1 Å². The number of carbonyl (C=O) groups is 2. The van der Waals surface area contributed by atoms with Gasteiger partial charge in [-0.1, -0.05) is 0 Å². The van der Waals surface area contributed by atoms with Crippen LogP contribution in [0.5, 0.6) is 0 Å². The predicted molar refractivity (Wildman–Crippen MR) is 134 cm³/mol. The van der Waals surface area contributed by atoms with E-state index < -0.39 is 29.1 Å². The standard InChI is InChI=1S/C27H23F2N5O3/c1-16(30-2)26(36)33-25-27(37)34(23(14-32-25)18-3-7-21(28)8-4-18)15-17-11-20(13-31-12-17)24(35)19-5-9-22(29)10-6-19/h3-14,16,30H,15H2,1-2H3,(H,32,33,36)/t16-/m0/s1. The van der Waals surface area contributed by atoms with Crippen molar-refractivity contribution in [3.05, 3.63) is 112 Å². The van der Waals surface area contributed by atoms with Crippen molar-refractivity contribution in [2.45, 2.75) is 19.5 Å².